The minimum atomic E-state index is -1.06. The molecule has 2 N–H and O–H groups in total. The number of carbonyl (C=O) groups is 1. The smallest absolute Gasteiger partial charge is 0.153 e. The van der Waals surface area contributed by atoms with Crippen molar-refractivity contribution in [2.45, 2.75) is 11.8 Å². The lowest BCUT2D eigenvalue weighted by Crippen LogP contribution is -2.23. The third-order valence-electron chi connectivity index (χ3n) is 4.71. The summed E-state index contributed by atoms with van der Waals surface area (Å²) in [4.78, 5) is 27.2. The average Bonchev–Trinajstić information content (AvgIpc) is 3.29. The first-order valence-corrected chi connectivity index (χ1v) is 8.24. The molecule has 0 bridgehead atoms. The standard InChI is InChI=1S/C19H16F2N4O/c20-7-13(15-9-24-18-11(15)3-1-5-22-18)17(26)14(8-21)16-10-25-19-12(16)4-2-6-23-19/h1-6,9-10,13-14H,7-8H2,(H,22,24)(H,23,25). The fraction of sp³-hybridized carbons (Fsp3) is 0.211. The third-order valence-corrected chi connectivity index (χ3v) is 4.71. The molecule has 4 aromatic rings. The Labute approximate surface area is 147 Å². The molecule has 0 amide bonds. The van der Waals surface area contributed by atoms with Gasteiger partial charge in [0.2, 0.25) is 0 Å². The number of H-pyrrole nitrogens is 2. The topological polar surface area (TPSA) is 74.4 Å². The molecule has 0 radical (unpaired) electrons. The number of hydrogen-bond acceptors (Lipinski definition) is 3. The van der Waals surface area contributed by atoms with Crippen molar-refractivity contribution in [3.8, 4) is 0 Å². The van der Waals surface area contributed by atoms with Gasteiger partial charge in [-0.05, 0) is 35.4 Å². The van der Waals surface area contributed by atoms with E-state index in [1.54, 1.807) is 49.1 Å². The number of aromatic amines is 2. The first kappa shape index (κ1) is 16.4. The monoisotopic (exact) mass is 354 g/mol. The number of halogens is 2. The van der Waals surface area contributed by atoms with Crippen molar-refractivity contribution in [2.24, 2.45) is 0 Å². The van der Waals surface area contributed by atoms with Crippen molar-refractivity contribution >= 4 is 27.9 Å². The zero-order valence-corrected chi connectivity index (χ0v) is 13.7. The van der Waals surface area contributed by atoms with Crippen molar-refractivity contribution < 1.29 is 13.6 Å². The Morgan fingerprint density at radius 2 is 1.35 bits per heavy atom. The fourth-order valence-electron chi connectivity index (χ4n) is 3.40. The highest BCUT2D eigenvalue weighted by molar-refractivity contribution is 5.98. The normalized spacial score (nSPS) is 13.9. The lowest BCUT2D eigenvalue weighted by molar-refractivity contribution is -0.122. The van der Waals surface area contributed by atoms with Crippen LogP contribution in [0.4, 0.5) is 8.78 Å². The van der Waals surface area contributed by atoms with Gasteiger partial charge in [0.05, 0.1) is 11.8 Å². The maximum Gasteiger partial charge on any atom is 0.153 e. The number of Topliss-reactive ketones (excluding diaryl/α,β-unsaturated/α-hetero) is 1. The van der Waals surface area contributed by atoms with Crippen molar-refractivity contribution in [3.05, 3.63) is 60.2 Å². The SMILES string of the molecule is O=C(C(CF)c1c[nH]c2ncccc12)C(CF)c1c[nH]c2ncccc12. The van der Waals surface area contributed by atoms with Crippen molar-refractivity contribution in [1.29, 1.82) is 0 Å². The number of aromatic nitrogens is 4. The largest absolute Gasteiger partial charge is 0.346 e. The summed E-state index contributed by atoms with van der Waals surface area (Å²) in [6.45, 7) is -1.81. The van der Waals surface area contributed by atoms with E-state index in [0.717, 1.165) is 0 Å². The van der Waals surface area contributed by atoms with Crippen LogP contribution in [0.3, 0.4) is 0 Å². The van der Waals surface area contributed by atoms with Crippen LogP contribution in [0.1, 0.15) is 23.0 Å². The summed E-state index contributed by atoms with van der Waals surface area (Å²) in [5.41, 5.74) is 2.14. The van der Waals surface area contributed by atoms with Gasteiger partial charge in [-0.15, -0.1) is 0 Å². The van der Waals surface area contributed by atoms with Crippen LogP contribution in [-0.4, -0.2) is 39.1 Å². The molecule has 0 aromatic carbocycles. The Morgan fingerprint density at radius 1 is 0.885 bits per heavy atom. The number of nitrogens with zero attached hydrogens (tertiary/aromatic N) is 2. The Morgan fingerprint density at radius 3 is 1.77 bits per heavy atom. The van der Waals surface area contributed by atoms with Crippen molar-refractivity contribution in [3.63, 3.8) is 0 Å². The van der Waals surface area contributed by atoms with Crippen LogP contribution in [-0.2, 0) is 4.79 Å². The van der Waals surface area contributed by atoms with Crippen molar-refractivity contribution in [2.75, 3.05) is 13.3 Å². The molecule has 0 saturated heterocycles. The van der Waals surface area contributed by atoms with E-state index in [1.807, 2.05) is 0 Å². The Bertz CT molecular complexity index is 987. The highest BCUT2D eigenvalue weighted by atomic mass is 19.1. The van der Waals surface area contributed by atoms with E-state index in [4.69, 9.17) is 0 Å². The highest BCUT2D eigenvalue weighted by Gasteiger charge is 2.32. The number of rotatable bonds is 6. The van der Waals surface area contributed by atoms with Crippen LogP contribution < -0.4 is 0 Å². The molecule has 132 valence electrons. The summed E-state index contributed by atoms with van der Waals surface area (Å²) in [7, 11) is 0. The van der Waals surface area contributed by atoms with Crippen molar-refractivity contribution in [1.82, 2.24) is 19.9 Å². The van der Waals surface area contributed by atoms with E-state index < -0.39 is 31.0 Å². The van der Waals surface area contributed by atoms with E-state index in [2.05, 4.69) is 19.9 Å². The number of fused-ring (bicyclic) bond motifs is 2. The van der Waals surface area contributed by atoms with Gasteiger partial charge in [0.1, 0.15) is 24.6 Å². The molecule has 0 aliphatic heterocycles. The zero-order chi connectivity index (χ0) is 18.1. The minimum absolute atomic E-state index is 0.496. The second-order valence-electron chi connectivity index (χ2n) is 6.10. The number of hydrogen-bond donors (Lipinski definition) is 2. The lowest BCUT2D eigenvalue weighted by atomic mass is 9.85. The maximum atomic E-state index is 13.9. The van der Waals surface area contributed by atoms with E-state index >= 15 is 0 Å². The van der Waals surface area contributed by atoms with E-state index in [-0.39, 0.29) is 0 Å². The Kier molecular flexibility index (Phi) is 4.20. The summed E-state index contributed by atoms with van der Waals surface area (Å²) in [6.07, 6.45) is 6.37. The number of alkyl halides is 2. The number of ketones is 1. The van der Waals surface area contributed by atoms with Gasteiger partial charge in [0.15, 0.2) is 5.78 Å². The van der Waals surface area contributed by atoms with Crippen LogP contribution in [0.2, 0.25) is 0 Å². The summed E-state index contributed by atoms with van der Waals surface area (Å²) < 4.78 is 27.7. The molecule has 4 aromatic heterocycles. The van der Waals surface area contributed by atoms with E-state index in [1.165, 1.54) is 0 Å². The number of pyridine rings is 2. The predicted octanol–water partition coefficient (Wildman–Crippen LogP) is 3.81. The maximum absolute atomic E-state index is 13.9. The quantitative estimate of drug-likeness (QED) is 0.553. The van der Waals surface area contributed by atoms with Gasteiger partial charge in [0.25, 0.3) is 0 Å². The molecule has 0 spiro atoms. The molecule has 4 heterocycles. The molecule has 0 aliphatic rings. The lowest BCUT2D eigenvalue weighted by Gasteiger charge is -2.18. The van der Waals surface area contributed by atoms with E-state index in [0.29, 0.717) is 33.2 Å². The van der Waals surface area contributed by atoms with Gasteiger partial charge in [0, 0.05) is 35.6 Å². The van der Waals surface area contributed by atoms with Crippen LogP contribution in [0, 0.1) is 0 Å². The van der Waals surface area contributed by atoms with Gasteiger partial charge >= 0.3 is 0 Å². The summed E-state index contributed by atoms with van der Waals surface area (Å²) in [5, 5.41) is 1.34. The summed E-state index contributed by atoms with van der Waals surface area (Å²) in [5.74, 6) is -2.62. The van der Waals surface area contributed by atoms with Gasteiger partial charge in [-0.2, -0.15) is 0 Å². The summed E-state index contributed by atoms with van der Waals surface area (Å²) >= 11 is 0. The van der Waals surface area contributed by atoms with E-state index in [9.17, 15) is 13.6 Å². The molecule has 0 aliphatic carbocycles. The molecule has 4 rings (SSSR count). The molecule has 0 saturated carbocycles. The van der Waals surface area contributed by atoms with Crippen LogP contribution >= 0.6 is 0 Å². The minimum Gasteiger partial charge on any atom is -0.346 e. The molecule has 0 fully saturated rings. The Hall–Kier alpha value is -3.09. The first-order valence-electron chi connectivity index (χ1n) is 8.24. The average molecular weight is 354 g/mol. The summed E-state index contributed by atoms with van der Waals surface area (Å²) in [6, 6.07) is 6.98. The highest BCUT2D eigenvalue weighted by Crippen LogP contribution is 2.33. The molecule has 7 heteroatoms. The number of carbonyl (C=O) groups excluding carboxylic acids is 1. The van der Waals surface area contributed by atoms with Crippen LogP contribution in [0.25, 0.3) is 22.1 Å². The first-order chi connectivity index (χ1) is 12.7. The van der Waals surface area contributed by atoms with Crippen LogP contribution in [0.15, 0.2) is 49.1 Å². The molecule has 2 unspecified atom stereocenters. The van der Waals surface area contributed by atoms with Gasteiger partial charge < -0.3 is 9.97 Å². The van der Waals surface area contributed by atoms with Gasteiger partial charge in [-0.25, -0.2) is 18.7 Å². The molecular formula is C19H16F2N4O. The Balaban J connectivity index is 1.76. The fourth-order valence-corrected chi connectivity index (χ4v) is 3.40. The molecular weight excluding hydrogens is 338 g/mol. The number of nitrogens with one attached hydrogen (secondary N) is 2. The molecule has 5 nitrogen and oxygen atoms in total. The van der Waals surface area contributed by atoms with Gasteiger partial charge in [-0.3, -0.25) is 4.79 Å². The second-order valence-corrected chi connectivity index (χ2v) is 6.10. The second kappa shape index (κ2) is 6.67. The van der Waals surface area contributed by atoms with Gasteiger partial charge in [-0.1, -0.05) is 0 Å². The predicted molar refractivity (Wildman–Crippen MR) is 94.6 cm³/mol. The zero-order valence-electron chi connectivity index (χ0n) is 13.7. The third kappa shape index (κ3) is 2.56. The molecule has 26 heavy (non-hydrogen) atoms. The molecule has 2 atom stereocenters. The van der Waals surface area contributed by atoms with Crippen LogP contribution in [0.5, 0.6) is 0 Å².